The molecule has 2 aromatic heterocycles. The summed E-state index contributed by atoms with van der Waals surface area (Å²) in [4.78, 5) is 13.8. The van der Waals surface area contributed by atoms with E-state index in [1.165, 1.54) is 6.42 Å². The maximum atomic E-state index is 6.06. The van der Waals surface area contributed by atoms with E-state index in [1.807, 2.05) is 24.3 Å². The maximum Gasteiger partial charge on any atom is 0.298 e. The van der Waals surface area contributed by atoms with Crippen molar-refractivity contribution in [3.63, 3.8) is 0 Å². The second-order valence-electron chi connectivity index (χ2n) is 7.43. The molecule has 132 valence electrons. The molecule has 2 fully saturated rings. The molecule has 0 N–H and O–H groups in total. The first kappa shape index (κ1) is 14.4. The number of anilines is 2. The zero-order chi connectivity index (χ0) is 17.1. The van der Waals surface area contributed by atoms with Gasteiger partial charge in [0, 0.05) is 26.2 Å². The van der Waals surface area contributed by atoms with Crippen LogP contribution in [0.5, 0.6) is 0 Å². The molecule has 0 spiro atoms. The fraction of sp³-hybridized carbons (Fsp3) is 0.400. The van der Waals surface area contributed by atoms with Crippen LogP contribution in [-0.4, -0.2) is 36.1 Å². The molecular weight excluding hydrogens is 328 g/mol. The van der Waals surface area contributed by atoms with Gasteiger partial charge in [0.05, 0.1) is 0 Å². The summed E-state index contributed by atoms with van der Waals surface area (Å²) in [6.07, 6.45) is 6.79. The molecule has 2 unspecified atom stereocenters. The van der Waals surface area contributed by atoms with E-state index in [-0.39, 0.29) is 0 Å². The van der Waals surface area contributed by atoms with Gasteiger partial charge < -0.3 is 18.6 Å². The number of aromatic nitrogens is 2. The molecule has 1 saturated heterocycles. The van der Waals surface area contributed by atoms with E-state index >= 15 is 0 Å². The van der Waals surface area contributed by atoms with Gasteiger partial charge >= 0.3 is 0 Å². The van der Waals surface area contributed by atoms with Crippen LogP contribution in [0.25, 0.3) is 23.3 Å². The Bertz CT molecular complexity index is 1030. The van der Waals surface area contributed by atoms with Gasteiger partial charge in [0.1, 0.15) is 10.9 Å². The third-order valence-corrected chi connectivity index (χ3v) is 5.62. The molecule has 6 heteroatoms. The van der Waals surface area contributed by atoms with Crippen molar-refractivity contribution in [2.75, 3.05) is 36.0 Å². The summed E-state index contributed by atoms with van der Waals surface area (Å²) < 4.78 is 12.0. The van der Waals surface area contributed by atoms with Crippen LogP contribution in [0.4, 0.5) is 12.0 Å². The molecule has 1 saturated carbocycles. The highest BCUT2D eigenvalue weighted by Crippen LogP contribution is 2.41. The summed E-state index contributed by atoms with van der Waals surface area (Å²) in [6.45, 7) is 3.55. The first-order valence-corrected chi connectivity index (χ1v) is 9.39. The van der Waals surface area contributed by atoms with Gasteiger partial charge in [-0.05, 0) is 42.9 Å². The molecule has 0 amide bonds. The Labute approximate surface area is 150 Å². The Morgan fingerprint density at radius 2 is 1.62 bits per heavy atom. The second kappa shape index (κ2) is 5.37. The van der Waals surface area contributed by atoms with Crippen molar-refractivity contribution in [2.45, 2.75) is 12.8 Å². The van der Waals surface area contributed by atoms with Crippen LogP contribution < -0.4 is 20.6 Å². The lowest BCUT2D eigenvalue weighted by Crippen LogP contribution is -2.31. The number of rotatable bonds is 2. The normalized spacial score (nSPS) is 24.5. The smallest absolute Gasteiger partial charge is 0.298 e. The standard InChI is InChI=1S/C20H20N4O2/c1-2-5-17-15(4-1)21-19(25-17)23-6-3-7-24(9-8-23)20-22-16-11-13-10-14(13)12-18(16)26-20/h1-2,4-5,11-14H,3,6-10H2. The Balaban J connectivity index is 1.24. The van der Waals surface area contributed by atoms with Crippen molar-refractivity contribution in [3.8, 4) is 0 Å². The summed E-state index contributed by atoms with van der Waals surface area (Å²) in [5, 5.41) is 1.03. The molecule has 6 rings (SSSR count). The van der Waals surface area contributed by atoms with E-state index in [0.29, 0.717) is 17.9 Å². The minimum absolute atomic E-state index is 0.682. The molecule has 2 atom stereocenters. The van der Waals surface area contributed by atoms with Crippen molar-refractivity contribution in [3.05, 3.63) is 35.0 Å². The van der Waals surface area contributed by atoms with Crippen molar-refractivity contribution in [1.82, 2.24) is 9.97 Å². The SMILES string of the molecule is C1=c2nc(N3CCCN(c4nc5ccccc5o4)CC3)oc2=CC2CC12. The minimum Gasteiger partial charge on any atom is -0.424 e. The second-order valence-corrected chi connectivity index (χ2v) is 7.43. The Morgan fingerprint density at radius 1 is 0.846 bits per heavy atom. The fourth-order valence-electron chi connectivity index (χ4n) is 4.02. The van der Waals surface area contributed by atoms with E-state index in [1.54, 1.807) is 0 Å². The Morgan fingerprint density at radius 3 is 2.46 bits per heavy atom. The lowest BCUT2D eigenvalue weighted by molar-refractivity contribution is 0.507. The van der Waals surface area contributed by atoms with E-state index in [0.717, 1.165) is 60.5 Å². The average molecular weight is 348 g/mol. The van der Waals surface area contributed by atoms with Crippen molar-refractivity contribution < 1.29 is 8.83 Å². The summed E-state index contributed by atoms with van der Waals surface area (Å²) in [7, 11) is 0. The highest BCUT2D eigenvalue weighted by Gasteiger charge is 2.36. The molecule has 3 aromatic rings. The summed E-state index contributed by atoms with van der Waals surface area (Å²) in [5.41, 5.74) is 2.71. The fourth-order valence-corrected chi connectivity index (χ4v) is 4.02. The number of hydrogen-bond acceptors (Lipinski definition) is 6. The molecule has 2 aliphatic carbocycles. The van der Waals surface area contributed by atoms with E-state index in [9.17, 15) is 0 Å². The van der Waals surface area contributed by atoms with Crippen molar-refractivity contribution >= 4 is 35.3 Å². The molecule has 0 radical (unpaired) electrons. The van der Waals surface area contributed by atoms with Crippen LogP contribution in [0, 0.1) is 11.8 Å². The molecule has 3 aliphatic rings. The van der Waals surface area contributed by atoms with Gasteiger partial charge in [-0.15, -0.1) is 0 Å². The predicted octanol–water partition coefficient (Wildman–Crippen LogP) is 1.74. The van der Waals surface area contributed by atoms with Crippen molar-refractivity contribution in [2.24, 2.45) is 11.8 Å². The van der Waals surface area contributed by atoms with Gasteiger partial charge in [0.15, 0.2) is 11.0 Å². The van der Waals surface area contributed by atoms with Gasteiger partial charge in [-0.25, -0.2) is 0 Å². The zero-order valence-corrected chi connectivity index (χ0v) is 14.5. The molecule has 26 heavy (non-hydrogen) atoms. The van der Waals surface area contributed by atoms with Gasteiger partial charge in [-0.1, -0.05) is 18.2 Å². The average Bonchev–Trinajstić information content (AvgIpc) is 3.18. The quantitative estimate of drug-likeness (QED) is 0.703. The first-order chi connectivity index (χ1) is 12.8. The van der Waals surface area contributed by atoms with Crippen LogP contribution in [-0.2, 0) is 0 Å². The molecule has 1 aliphatic heterocycles. The first-order valence-electron chi connectivity index (χ1n) is 9.39. The molecule has 6 nitrogen and oxygen atoms in total. The summed E-state index contributed by atoms with van der Waals surface area (Å²) in [5.74, 6) is 1.38. The third kappa shape index (κ3) is 2.32. The van der Waals surface area contributed by atoms with E-state index in [2.05, 4.69) is 26.9 Å². The molecule has 3 heterocycles. The van der Waals surface area contributed by atoms with Crippen LogP contribution in [0.3, 0.4) is 0 Å². The molecule has 0 bridgehead atoms. The topological polar surface area (TPSA) is 58.5 Å². The number of hydrogen-bond donors (Lipinski definition) is 0. The molecule has 1 aromatic carbocycles. The zero-order valence-electron chi connectivity index (χ0n) is 14.5. The number of para-hydroxylation sites is 2. The van der Waals surface area contributed by atoms with Gasteiger partial charge in [-0.3, -0.25) is 0 Å². The van der Waals surface area contributed by atoms with E-state index in [4.69, 9.17) is 13.8 Å². The number of nitrogens with zero attached hydrogens (tertiary/aromatic N) is 4. The van der Waals surface area contributed by atoms with Crippen LogP contribution >= 0.6 is 0 Å². The van der Waals surface area contributed by atoms with Crippen LogP contribution in [0.2, 0.25) is 0 Å². The number of oxazole rings is 2. The molecular formula is C20H20N4O2. The summed E-state index contributed by atoms with van der Waals surface area (Å²) in [6, 6.07) is 9.38. The lowest BCUT2D eigenvalue weighted by atomic mass is 10.2. The van der Waals surface area contributed by atoms with E-state index < -0.39 is 0 Å². The minimum atomic E-state index is 0.682. The Hall–Kier alpha value is -2.76. The monoisotopic (exact) mass is 348 g/mol. The Kier molecular flexibility index (Phi) is 2.97. The van der Waals surface area contributed by atoms with Gasteiger partial charge in [0.2, 0.25) is 0 Å². The highest BCUT2D eigenvalue weighted by molar-refractivity contribution is 5.74. The largest absolute Gasteiger partial charge is 0.424 e. The summed E-state index contributed by atoms with van der Waals surface area (Å²) >= 11 is 0. The third-order valence-electron chi connectivity index (χ3n) is 5.62. The number of fused-ring (bicyclic) bond motifs is 3. The highest BCUT2D eigenvalue weighted by atomic mass is 16.4. The maximum absolute atomic E-state index is 6.06. The lowest BCUT2D eigenvalue weighted by Gasteiger charge is -2.19. The van der Waals surface area contributed by atoms with Gasteiger partial charge in [-0.2, -0.15) is 9.97 Å². The number of benzene rings is 1. The van der Waals surface area contributed by atoms with Gasteiger partial charge in [0.25, 0.3) is 12.0 Å². The van der Waals surface area contributed by atoms with Crippen LogP contribution in [0.1, 0.15) is 12.8 Å². The predicted molar refractivity (Wildman–Crippen MR) is 99.3 cm³/mol. The van der Waals surface area contributed by atoms with Crippen molar-refractivity contribution in [1.29, 1.82) is 0 Å². The van der Waals surface area contributed by atoms with Crippen LogP contribution in [0.15, 0.2) is 33.1 Å².